The van der Waals surface area contributed by atoms with Crippen molar-refractivity contribution in [3.63, 3.8) is 0 Å². The highest BCUT2D eigenvalue weighted by Crippen LogP contribution is 2.30. The van der Waals surface area contributed by atoms with Gasteiger partial charge in [0.05, 0.1) is 18.1 Å². The maximum absolute atomic E-state index is 12.2. The minimum absolute atomic E-state index is 0.00610. The van der Waals surface area contributed by atoms with Crippen molar-refractivity contribution in [2.75, 3.05) is 13.2 Å². The first-order chi connectivity index (χ1) is 11.2. The second kappa shape index (κ2) is 8.07. The molecule has 0 aromatic heterocycles. The SMILES string of the molecule is CCOC(=O)C(N)(Cc1cc(Cl)cc(C)c1[N+](=O)[O-])C(=O)OCC. The quantitative estimate of drug-likeness (QED) is 0.342. The summed E-state index contributed by atoms with van der Waals surface area (Å²) >= 11 is 5.94. The number of carbonyl (C=O) groups excluding carboxylic acids is 2. The molecular formula is C15H19ClN2O6. The Morgan fingerprint density at radius 1 is 1.25 bits per heavy atom. The molecular weight excluding hydrogens is 340 g/mol. The van der Waals surface area contributed by atoms with Crippen LogP contribution in [-0.4, -0.2) is 35.6 Å². The number of hydrogen-bond acceptors (Lipinski definition) is 7. The van der Waals surface area contributed by atoms with Gasteiger partial charge in [0, 0.05) is 22.6 Å². The molecule has 8 nitrogen and oxygen atoms in total. The molecule has 0 fully saturated rings. The van der Waals surface area contributed by atoms with Crippen LogP contribution in [0.5, 0.6) is 0 Å². The average Bonchev–Trinajstić information content (AvgIpc) is 2.46. The van der Waals surface area contributed by atoms with Gasteiger partial charge in [0.2, 0.25) is 5.54 Å². The van der Waals surface area contributed by atoms with E-state index in [4.69, 9.17) is 26.8 Å². The first kappa shape index (κ1) is 19.9. The van der Waals surface area contributed by atoms with Crippen molar-refractivity contribution >= 4 is 29.2 Å². The van der Waals surface area contributed by atoms with Crippen LogP contribution in [0.1, 0.15) is 25.0 Å². The Morgan fingerprint density at radius 2 is 1.75 bits per heavy atom. The molecule has 1 aromatic rings. The molecule has 0 saturated carbocycles. The molecule has 2 N–H and O–H groups in total. The molecule has 0 bridgehead atoms. The van der Waals surface area contributed by atoms with Crippen molar-refractivity contribution in [3.8, 4) is 0 Å². The predicted molar refractivity (Wildman–Crippen MR) is 86.7 cm³/mol. The molecule has 0 aliphatic carbocycles. The number of rotatable bonds is 7. The smallest absolute Gasteiger partial charge is 0.338 e. The van der Waals surface area contributed by atoms with Crippen molar-refractivity contribution in [1.82, 2.24) is 0 Å². The van der Waals surface area contributed by atoms with E-state index in [1.54, 1.807) is 13.8 Å². The van der Waals surface area contributed by atoms with Gasteiger partial charge in [-0.05, 0) is 32.9 Å². The number of halogens is 1. The van der Waals surface area contributed by atoms with Crippen LogP contribution in [0.2, 0.25) is 5.02 Å². The number of nitrogens with two attached hydrogens (primary N) is 1. The van der Waals surface area contributed by atoms with Gasteiger partial charge in [-0.3, -0.25) is 10.1 Å². The van der Waals surface area contributed by atoms with E-state index >= 15 is 0 Å². The second-order valence-corrected chi connectivity index (χ2v) is 5.51. The first-order valence-corrected chi connectivity index (χ1v) is 7.61. The summed E-state index contributed by atoms with van der Waals surface area (Å²) in [6, 6.07) is 2.71. The Bertz CT molecular complexity index is 644. The molecule has 132 valence electrons. The van der Waals surface area contributed by atoms with Crippen LogP contribution in [-0.2, 0) is 25.5 Å². The highest BCUT2D eigenvalue weighted by Gasteiger charge is 2.46. The zero-order valence-corrected chi connectivity index (χ0v) is 14.4. The molecule has 0 aliphatic rings. The molecule has 0 heterocycles. The van der Waals surface area contributed by atoms with Gasteiger partial charge in [-0.2, -0.15) is 0 Å². The number of benzene rings is 1. The number of nitro groups is 1. The van der Waals surface area contributed by atoms with Crippen LogP contribution in [0.4, 0.5) is 5.69 Å². The van der Waals surface area contributed by atoms with E-state index in [9.17, 15) is 19.7 Å². The second-order valence-electron chi connectivity index (χ2n) is 5.08. The summed E-state index contributed by atoms with van der Waals surface area (Å²) in [4.78, 5) is 35.1. The van der Waals surface area contributed by atoms with E-state index in [1.165, 1.54) is 19.1 Å². The maximum atomic E-state index is 12.2. The van der Waals surface area contributed by atoms with Gasteiger partial charge in [0.25, 0.3) is 5.69 Å². The molecule has 0 atom stereocenters. The normalized spacial score (nSPS) is 11.0. The van der Waals surface area contributed by atoms with Gasteiger partial charge in [0.1, 0.15) is 0 Å². The van der Waals surface area contributed by atoms with Crippen LogP contribution in [0.3, 0.4) is 0 Å². The monoisotopic (exact) mass is 358 g/mol. The van der Waals surface area contributed by atoms with Gasteiger partial charge in [0.15, 0.2) is 0 Å². The fourth-order valence-electron chi connectivity index (χ4n) is 2.25. The van der Waals surface area contributed by atoms with E-state index < -0.39 is 28.8 Å². The van der Waals surface area contributed by atoms with Crippen LogP contribution >= 0.6 is 11.6 Å². The Hall–Kier alpha value is -2.19. The number of hydrogen-bond donors (Lipinski definition) is 1. The lowest BCUT2D eigenvalue weighted by Crippen LogP contribution is -2.58. The molecule has 0 spiro atoms. The first-order valence-electron chi connectivity index (χ1n) is 7.24. The van der Waals surface area contributed by atoms with Crippen LogP contribution < -0.4 is 5.73 Å². The number of nitrogens with zero attached hydrogens (tertiary/aromatic N) is 1. The van der Waals surface area contributed by atoms with Gasteiger partial charge >= 0.3 is 11.9 Å². The molecule has 1 rings (SSSR count). The average molecular weight is 359 g/mol. The third-order valence-corrected chi connectivity index (χ3v) is 3.49. The van der Waals surface area contributed by atoms with Crippen LogP contribution in [0.25, 0.3) is 0 Å². The highest BCUT2D eigenvalue weighted by atomic mass is 35.5. The Labute approximate surface area is 144 Å². The fourth-order valence-corrected chi connectivity index (χ4v) is 2.54. The zero-order chi connectivity index (χ0) is 18.5. The maximum Gasteiger partial charge on any atom is 0.338 e. The Balaban J connectivity index is 3.41. The van der Waals surface area contributed by atoms with E-state index in [2.05, 4.69) is 0 Å². The number of aryl methyl sites for hydroxylation is 1. The predicted octanol–water partition coefficient (Wildman–Crippen LogP) is 1.92. The summed E-state index contributed by atoms with van der Waals surface area (Å²) in [6.45, 7) is 4.59. The molecule has 9 heteroatoms. The van der Waals surface area contributed by atoms with Gasteiger partial charge in [-0.1, -0.05) is 11.6 Å². The summed E-state index contributed by atoms with van der Waals surface area (Å²) in [7, 11) is 0. The topological polar surface area (TPSA) is 122 Å². The lowest BCUT2D eigenvalue weighted by Gasteiger charge is -2.25. The highest BCUT2D eigenvalue weighted by molar-refractivity contribution is 6.30. The third kappa shape index (κ3) is 4.21. The number of carbonyl (C=O) groups is 2. The molecule has 1 aromatic carbocycles. The number of ether oxygens (including phenoxy) is 2. The largest absolute Gasteiger partial charge is 0.464 e. The van der Waals surface area contributed by atoms with Gasteiger partial charge < -0.3 is 15.2 Å². The molecule has 0 radical (unpaired) electrons. The van der Waals surface area contributed by atoms with Crippen molar-refractivity contribution < 1.29 is 24.0 Å². The van der Waals surface area contributed by atoms with E-state index in [1.807, 2.05) is 0 Å². The molecule has 0 saturated heterocycles. The third-order valence-electron chi connectivity index (χ3n) is 3.28. The number of nitro benzene ring substituents is 1. The number of esters is 2. The van der Waals surface area contributed by atoms with Crippen molar-refractivity contribution in [2.24, 2.45) is 5.73 Å². The van der Waals surface area contributed by atoms with E-state index in [0.717, 1.165) is 0 Å². The van der Waals surface area contributed by atoms with Gasteiger partial charge in [-0.25, -0.2) is 9.59 Å². The standard InChI is InChI=1S/C15H19ClN2O6/c1-4-23-13(19)15(17,14(20)24-5-2)8-10-7-11(16)6-9(3)12(10)18(21)22/h6-7H,4-5,8,17H2,1-3H3. The molecule has 24 heavy (non-hydrogen) atoms. The summed E-state index contributed by atoms with van der Waals surface area (Å²) < 4.78 is 9.68. The van der Waals surface area contributed by atoms with Gasteiger partial charge in [-0.15, -0.1) is 0 Å². The summed E-state index contributed by atoms with van der Waals surface area (Å²) in [6.07, 6.45) is -0.470. The minimum atomic E-state index is -2.20. The van der Waals surface area contributed by atoms with Crippen molar-refractivity contribution in [3.05, 3.63) is 38.4 Å². The van der Waals surface area contributed by atoms with E-state index in [-0.39, 0.29) is 35.1 Å². The van der Waals surface area contributed by atoms with Crippen molar-refractivity contribution in [2.45, 2.75) is 32.7 Å². The minimum Gasteiger partial charge on any atom is -0.464 e. The summed E-state index contributed by atoms with van der Waals surface area (Å²) in [5, 5.41) is 11.5. The van der Waals surface area contributed by atoms with E-state index in [0.29, 0.717) is 0 Å². The lowest BCUT2D eigenvalue weighted by molar-refractivity contribution is -0.386. The molecule has 0 aliphatic heterocycles. The lowest BCUT2D eigenvalue weighted by atomic mass is 9.90. The van der Waals surface area contributed by atoms with Crippen LogP contribution in [0.15, 0.2) is 12.1 Å². The van der Waals surface area contributed by atoms with Crippen molar-refractivity contribution in [1.29, 1.82) is 0 Å². The summed E-state index contributed by atoms with van der Waals surface area (Å²) in [5.74, 6) is -2.04. The Morgan fingerprint density at radius 3 is 2.17 bits per heavy atom. The summed E-state index contributed by atoms with van der Waals surface area (Å²) in [5.41, 5.74) is 3.82. The molecule has 0 amide bonds. The zero-order valence-electron chi connectivity index (χ0n) is 13.6. The van der Waals surface area contributed by atoms with Crippen LogP contribution in [0, 0.1) is 17.0 Å². The fraction of sp³-hybridized carbons (Fsp3) is 0.467. The molecule has 0 unspecified atom stereocenters. The Kier molecular flexibility index (Phi) is 6.68.